The van der Waals surface area contributed by atoms with Crippen LogP contribution in [0.5, 0.6) is 5.75 Å². The Balaban J connectivity index is 1.52. The molecule has 2 aromatic carbocycles. The number of aromatic nitrogens is 2. The van der Waals surface area contributed by atoms with Gasteiger partial charge < -0.3 is 14.5 Å². The number of alkyl halides is 3. The molecule has 152 valence electrons. The fourth-order valence-electron chi connectivity index (χ4n) is 2.21. The van der Waals surface area contributed by atoms with Gasteiger partial charge in [0.1, 0.15) is 0 Å². The molecule has 0 saturated heterocycles. The lowest BCUT2D eigenvalue weighted by Crippen LogP contribution is -2.18. The third-order valence-corrected chi connectivity index (χ3v) is 4.29. The second kappa shape index (κ2) is 8.95. The van der Waals surface area contributed by atoms with E-state index < -0.39 is 23.5 Å². The van der Waals surface area contributed by atoms with Crippen LogP contribution < -0.4 is 10.1 Å². The van der Waals surface area contributed by atoms with E-state index in [1.165, 1.54) is 30.3 Å². The zero-order chi connectivity index (χ0) is 20.9. The fourth-order valence-corrected chi connectivity index (χ4v) is 2.79. The molecule has 1 aromatic heterocycles. The number of thioether (sulfide) groups is 1. The molecule has 1 amide bonds. The van der Waals surface area contributed by atoms with Crippen molar-refractivity contribution in [3.05, 3.63) is 65.8 Å². The first kappa shape index (κ1) is 20.6. The van der Waals surface area contributed by atoms with E-state index in [2.05, 4.69) is 15.5 Å². The molecule has 0 spiro atoms. The number of nitrogens with one attached hydrogen (secondary N) is 1. The average molecular weight is 427 g/mol. The highest BCUT2D eigenvalue weighted by Crippen LogP contribution is 2.34. The predicted molar refractivity (Wildman–Crippen MR) is 95.8 cm³/mol. The van der Waals surface area contributed by atoms with E-state index in [0.29, 0.717) is 0 Å². The summed E-state index contributed by atoms with van der Waals surface area (Å²) in [6, 6.07) is 10.4. The quantitative estimate of drug-likeness (QED) is 0.441. The summed E-state index contributed by atoms with van der Waals surface area (Å²) in [6.45, 7) is -0.181. The number of hydrogen-bond acceptors (Lipinski definition) is 6. The molecule has 0 unspecified atom stereocenters. The lowest BCUT2D eigenvalue weighted by molar-refractivity contribution is -0.137. The first-order chi connectivity index (χ1) is 13.8. The van der Waals surface area contributed by atoms with Gasteiger partial charge in [0.05, 0.1) is 17.0 Å². The van der Waals surface area contributed by atoms with Gasteiger partial charge in [-0.3, -0.25) is 4.79 Å². The smallest absolute Gasteiger partial charge is 0.418 e. The van der Waals surface area contributed by atoms with Crippen LogP contribution >= 0.6 is 11.8 Å². The van der Waals surface area contributed by atoms with E-state index in [4.69, 9.17) is 9.15 Å². The summed E-state index contributed by atoms with van der Waals surface area (Å²) in [5.74, 6) is -1.39. The van der Waals surface area contributed by atoms with E-state index in [0.717, 1.165) is 23.9 Å². The number of carbonyl (C=O) groups excluding carboxylic acids is 1. The zero-order valence-corrected chi connectivity index (χ0v) is 15.4. The van der Waals surface area contributed by atoms with Gasteiger partial charge in [-0.2, -0.15) is 13.2 Å². The van der Waals surface area contributed by atoms with Gasteiger partial charge in [-0.25, -0.2) is 4.39 Å². The minimum atomic E-state index is -4.59. The Morgan fingerprint density at radius 1 is 1.10 bits per heavy atom. The lowest BCUT2D eigenvalue weighted by Gasteiger charge is -2.13. The predicted octanol–water partition coefficient (Wildman–Crippen LogP) is 4.54. The van der Waals surface area contributed by atoms with Crippen LogP contribution in [0.4, 0.5) is 23.2 Å². The maximum Gasteiger partial charge on any atom is 0.418 e. The molecule has 1 N–H and O–H groups in total. The highest BCUT2D eigenvalue weighted by atomic mass is 32.2. The molecule has 3 rings (SSSR count). The van der Waals surface area contributed by atoms with E-state index in [-0.39, 0.29) is 34.9 Å². The van der Waals surface area contributed by atoms with Gasteiger partial charge in [-0.15, -0.1) is 10.2 Å². The molecule has 11 heteroatoms. The summed E-state index contributed by atoms with van der Waals surface area (Å²) in [4.78, 5) is 12.0. The average Bonchev–Trinajstić information content (AvgIpc) is 3.13. The molecule has 0 radical (unpaired) electrons. The molecule has 0 bridgehead atoms. The molecule has 0 atom stereocenters. The highest BCUT2D eigenvalue weighted by Gasteiger charge is 2.33. The largest absolute Gasteiger partial charge is 0.481 e. The van der Waals surface area contributed by atoms with Crippen molar-refractivity contribution in [3.8, 4) is 5.75 Å². The van der Waals surface area contributed by atoms with Crippen LogP contribution in [0.1, 0.15) is 11.5 Å². The summed E-state index contributed by atoms with van der Waals surface area (Å²) in [5.41, 5.74) is -1.28. The van der Waals surface area contributed by atoms with E-state index in [1.807, 2.05) is 0 Å². The number of carbonyl (C=O) groups is 1. The number of hydrogen-bond donors (Lipinski definition) is 1. The van der Waals surface area contributed by atoms with Gasteiger partial charge in [0, 0.05) is 0 Å². The summed E-state index contributed by atoms with van der Waals surface area (Å²) in [5, 5.41) is 9.64. The van der Waals surface area contributed by atoms with Crippen LogP contribution in [0.2, 0.25) is 0 Å². The standard InChI is InChI=1S/C18H13F4N3O3S/c19-12-6-2-4-8-14(12)27-9-16-24-25-17(28-16)29-10-15(26)23-13-7-3-1-5-11(13)18(20,21)22/h1-8H,9-10H2,(H,23,26). The maximum absolute atomic E-state index is 13.5. The van der Waals surface area contributed by atoms with Crippen LogP contribution in [0, 0.1) is 5.82 Å². The SMILES string of the molecule is O=C(CSc1nnc(COc2ccccc2F)o1)Nc1ccccc1C(F)(F)F. The Morgan fingerprint density at radius 3 is 2.59 bits per heavy atom. The normalized spacial score (nSPS) is 11.3. The Morgan fingerprint density at radius 2 is 1.83 bits per heavy atom. The molecule has 3 aromatic rings. The Bertz CT molecular complexity index is 994. The third kappa shape index (κ3) is 5.70. The van der Waals surface area contributed by atoms with Crippen molar-refractivity contribution in [2.45, 2.75) is 18.0 Å². The molecule has 1 heterocycles. The van der Waals surface area contributed by atoms with Crippen LogP contribution in [-0.2, 0) is 17.6 Å². The fraction of sp³-hybridized carbons (Fsp3) is 0.167. The monoisotopic (exact) mass is 427 g/mol. The van der Waals surface area contributed by atoms with E-state index in [1.54, 1.807) is 6.07 Å². The van der Waals surface area contributed by atoms with Crippen molar-refractivity contribution in [1.82, 2.24) is 10.2 Å². The number of anilines is 1. The Hall–Kier alpha value is -3.08. The van der Waals surface area contributed by atoms with Gasteiger partial charge >= 0.3 is 6.18 Å². The van der Waals surface area contributed by atoms with Crippen molar-refractivity contribution in [2.75, 3.05) is 11.1 Å². The molecular formula is C18H13F4N3O3S. The summed E-state index contributed by atoms with van der Waals surface area (Å²) in [7, 11) is 0. The number of para-hydroxylation sites is 2. The molecule has 0 aliphatic heterocycles. The number of rotatable bonds is 7. The van der Waals surface area contributed by atoms with Crippen LogP contribution in [-0.4, -0.2) is 21.9 Å². The first-order valence-electron chi connectivity index (χ1n) is 8.11. The van der Waals surface area contributed by atoms with Crippen LogP contribution in [0.25, 0.3) is 0 Å². The molecule has 0 fully saturated rings. The second-order valence-corrected chi connectivity index (χ2v) is 6.49. The second-order valence-electron chi connectivity index (χ2n) is 5.56. The highest BCUT2D eigenvalue weighted by molar-refractivity contribution is 7.99. The van der Waals surface area contributed by atoms with Gasteiger partial charge in [0.15, 0.2) is 18.2 Å². The summed E-state index contributed by atoms with van der Waals surface area (Å²) < 4.78 is 62.8. The summed E-state index contributed by atoms with van der Waals surface area (Å²) >= 11 is 0.844. The first-order valence-corrected chi connectivity index (χ1v) is 9.10. The number of halogens is 4. The van der Waals surface area contributed by atoms with Crippen LogP contribution in [0.3, 0.4) is 0 Å². The van der Waals surface area contributed by atoms with E-state index in [9.17, 15) is 22.4 Å². The van der Waals surface area contributed by atoms with Crippen molar-refractivity contribution in [3.63, 3.8) is 0 Å². The molecule has 0 aliphatic rings. The number of ether oxygens (including phenoxy) is 1. The molecular weight excluding hydrogens is 414 g/mol. The van der Waals surface area contributed by atoms with Crippen molar-refractivity contribution in [2.24, 2.45) is 0 Å². The van der Waals surface area contributed by atoms with Gasteiger partial charge in [0.2, 0.25) is 5.91 Å². The molecule has 0 aliphatic carbocycles. The summed E-state index contributed by atoms with van der Waals surface area (Å²) in [6.07, 6.45) is -4.59. The van der Waals surface area contributed by atoms with Crippen molar-refractivity contribution >= 4 is 23.4 Å². The Labute approximate surface area is 166 Å². The number of benzene rings is 2. The Kier molecular flexibility index (Phi) is 6.37. The number of amides is 1. The minimum absolute atomic E-state index is 0.0163. The van der Waals surface area contributed by atoms with Crippen molar-refractivity contribution in [1.29, 1.82) is 0 Å². The molecule has 29 heavy (non-hydrogen) atoms. The topological polar surface area (TPSA) is 77.2 Å². The minimum Gasteiger partial charge on any atom is -0.481 e. The molecule has 0 saturated carbocycles. The maximum atomic E-state index is 13.5. The lowest BCUT2D eigenvalue weighted by atomic mass is 10.1. The third-order valence-electron chi connectivity index (χ3n) is 3.47. The number of nitrogens with zero attached hydrogens (tertiary/aromatic N) is 2. The zero-order valence-electron chi connectivity index (χ0n) is 14.6. The van der Waals surface area contributed by atoms with Crippen LogP contribution in [0.15, 0.2) is 58.2 Å². The van der Waals surface area contributed by atoms with Gasteiger partial charge in [0.25, 0.3) is 11.1 Å². The van der Waals surface area contributed by atoms with Gasteiger partial charge in [-0.1, -0.05) is 36.0 Å². The molecule has 6 nitrogen and oxygen atoms in total. The van der Waals surface area contributed by atoms with Crippen molar-refractivity contribution < 1.29 is 31.5 Å². The van der Waals surface area contributed by atoms with E-state index >= 15 is 0 Å². The van der Waals surface area contributed by atoms with Gasteiger partial charge in [-0.05, 0) is 24.3 Å².